The molecule has 0 aromatic heterocycles. The molecule has 0 atom stereocenters. The van der Waals surface area contributed by atoms with Crippen molar-refractivity contribution in [3.63, 3.8) is 0 Å². The molecule has 0 unspecified atom stereocenters. The molecule has 0 heterocycles. The molecule has 0 amide bonds. The molecular weight excluding hydrogens is 292 g/mol. The number of hydrogen-bond acceptors (Lipinski definition) is 4. The van der Waals surface area contributed by atoms with Gasteiger partial charge in [0.25, 0.3) is 0 Å². The van der Waals surface area contributed by atoms with Gasteiger partial charge in [-0.2, -0.15) is 0 Å². The van der Waals surface area contributed by atoms with Crippen molar-refractivity contribution in [3.05, 3.63) is 64.7 Å². The number of halogens is 1. The average Bonchev–Trinajstić information content (AvgIpc) is 2.48. The van der Waals surface area contributed by atoms with Crippen molar-refractivity contribution in [1.29, 1.82) is 0 Å². The lowest BCUT2D eigenvalue weighted by atomic mass is 10.2. The van der Waals surface area contributed by atoms with Crippen LogP contribution in [-0.2, 0) is 4.74 Å². The number of carbonyl (C=O) groups excluding carboxylic acids is 2. The van der Waals surface area contributed by atoms with Gasteiger partial charge in [-0.05, 0) is 43.3 Å². The molecule has 108 valence electrons. The van der Waals surface area contributed by atoms with Gasteiger partial charge in [0, 0.05) is 5.02 Å². The Bertz CT molecular complexity index is 667. The highest BCUT2D eigenvalue weighted by Gasteiger charge is 2.11. The summed E-state index contributed by atoms with van der Waals surface area (Å²) in [6.45, 7) is 2.01. The van der Waals surface area contributed by atoms with E-state index in [0.29, 0.717) is 16.1 Å². The van der Waals surface area contributed by atoms with Crippen molar-refractivity contribution in [3.8, 4) is 5.75 Å². The Balaban J connectivity index is 2.14. The minimum Gasteiger partial charge on any atom is -0.462 e. The van der Waals surface area contributed by atoms with Gasteiger partial charge in [0.05, 0.1) is 17.7 Å². The van der Waals surface area contributed by atoms with Crippen LogP contribution < -0.4 is 4.74 Å². The van der Waals surface area contributed by atoms with Crippen molar-refractivity contribution >= 4 is 23.5 Å². The van der Waals surface area contributed by atoms with E-state index in [1.807, 2.05) is 0 Å². The van der Waals surface area contributed by atoms with E-state index in [1.54, 1.807) is 43.3 Å². The van der Waals surface area contributed by atoms with E-state index in [9.17, 15) is 9.59 Å². The zero-order chi connectivity index (χ0) is 15.2. The van der Waals surface area contributed by atoms with E-state index in [4.69, 9.17) is 21.1 Å². The predicted octanol–water partition coefficient (Wildman–Crippen LogP) is 3.74. The van der Waals surface area contributed by atoms with Crippen LogP contribution in [0.3, 0.4) is 0 Å². The van der Waals surface area contributed by atoms with E-state index in [1.165, 1.54) is 12.1 Å². The summed E-state index contributed by atoms with van der Waals surface area (Å²) in [5.41, 5.74) is 0.664. The zero-order valence-electron chi connectivity index (χ0n) is 11.3. The number of benzene rings is 2. The molecule has 5 heteroatoms. The average molecular weight is 305 g/mol. The third kappa shape index (κ3) is 4.07. The third-order valence-corrected chi connectivity index (χ3v) is 2.85. The van der Waals surface area contributed by atoms with Crippen molar-refractivity contribution in [2.24, 2.45) is 0 Å². The maximum Gasteiger partial charge on any atom is 0.343 e. The van der Waals surface area contributed by atoms with Crippen LogP contribution in [0, 0.1) is 0 Å². The minimum absolute atomic E-state index is 0.269. The first-order valence-corrected chi connectivity index (χ1v) is 6.73. The summed E-state index contributed by atoms with van der Waals surface area (Å²) in [6.07, 6.45) is 0. The summed E-state index contributed by atoms with van der Waals surface area (Å²) in [4.78, 5) is 23.6. The smallest absolute Gasteiger partial charge is 0.343 e. The summed E-state index contributed by atoms with van der Waals surface area (Å²) in [6, 6.07) is 12.7. The van der Waals surface area contributed by atoms with Crippen molar-refractivity contribution in [2.75, 3.05) is 6.61 Å². The molecule has 0 radical (unpaired) electrons. The van der Waals surface area contributed by atoms with Gasteiger partial charge in [-0.3, -0.25) is 0 Å². The second-order valence-electron chi connectivity index (χ2n) is 4.15. The molecule has 0 aliphatic carbocycles. The fraction of sp³-hybridized carbons (Fsp3) is 0.125. The molecule has 0 fully saturated rings. The number of carbonyl (C=O) groups is 2. The van der Waals surface area contributed by atoms with Gasteiger partial charge >= 0.3 is 11.9 Å². The molecular formula is C16H13ClO4. The minimum atomic E-state index is -0.543. The van der Waals surface area contributed by atoms with Gasteiger partial charge < -0.3 is 9.47 Å². The van der Waals surface area contributed by atoms with Gasteiger partial charge in [0.1, 0.15) is 5.75 Å². The highest BCUT2D eigenvalue weighted by molar-refractivity contribution is 6.30. The summed E-state index contributed by atoms with van der Waals surface area (Å²) >= 11 is 5.82. The van der Waals surface area contributed by atoms with Crippen LogP contribution in [0.5, 0.6) is 5.75 Å². The Kier molecular flexibility index (Phi) is 4.95. The molecule has 0 N–H and O–H groups in total. The third-order valence-electron chi connectivity index (χ3n) is 2.62. The first kappa shape index (κ1) is 15.1. The molecule has 0 aliphatic rings. The first-order valence-electron chi connectivity index (χ1n) is 6.35. The summed E-state index contributed by atoms with van der Waals surface area (Å²) < 4.78 is 10.1. The predicted molar refractivity (Wildman–Crippen MR) is 78.8 cm³/mol. The number of esters is 2. The number of hydrogen-bond donors (Lipinski definition) is 0. The van der Waals surface area contributed by atoms with Gasteiger partial charge in [-0.25, -0.2) is 9.59 Å². The summed E-state index contributed by atoms with van der Waals surface area (Å²) in [5.74, 6) is -0.734. The van der Waals surface area contributed by atoms with E-state index in [-0.39, 0.29) is 12.4 Å². The van der Waals surface area contributed by atoms with Gasteiger partial charge in [-0.1, -0.05) is 23.7 Å². The molecule has 0 aliphatic heterocycles. The van der Waals surface area contributed by atoms with Gasteiger partial charge in [0.2, 0.25) is 0 Å². The molecule has 0 saturated heterocycles. The monoisotopic (exact) mass is 304 g/mol. The molecule has 2 aromatic rings. The molecule has 0 saturated carbocycles. The Labute approximate surface area is 127 Å². The van der Waals surface area contributed by atoms with Gasteiger partial charge in [-0.15, -0.1) is 0 Å². The van der Waals surface area contributed by atoms with Crippen LogP contribution in [0.4, 0.5) is 0 Å². The van der Waals surface area contributed by atoms with Crippen LogP contribution in [0.1, 0.15) is 27.6 Å². The maximum atomic E-state index is 12.0. The fourth-order valence-corrected chi connectivity index (χ4v) is 1.87. The van der Waals surface area contributed by atoms with Crippen molar-refractivity contribution < 1.29 is 19.1 Å². The van der Waals surface area contributed by atoms with Gasteiger partial charge in [0.15, 0.2) is 0 Å². The molecule has 21 heavy (non-hydrogen) atoms. The topological polar surface area (TPSA) is 52.6 Å². The molecule has 0 spiro atoms. The van der Waals surface area contributed by atoms with E-state index < -0.39 is 11.9 Å². The van der Waals surface area contributed by atoms with E-state index >= 15 is 0 Å². The van der Waals surface area contributed by atoms with Crippen LogP contribution in [0.25, 0.3) is 0 Å². The zero-order valence-corrected chi connectivity index (χ0v) is 12.1. The number of ether oxygens (including phenoxy) is 2. The maximum absolute atomic E-state index is 12.0. The van der Waals surface area contributed by atoms with Crippen LogP contribution in [-0.4, -0.2) is 18.5 Å². The van der Waals surface area contributed by atoms with Crippen molar-refractivity contribution in [2.45, 2.75) is 6.92 Å². The largest absolute Gasteiger partial charge is 0.462 e. The van der Waals surface area contributed by atoms with E-state index in [0.717, 1.165) is 0 Å². The Morgan fingerprint density at radius 1 is 1.00 bits per heavy atom. The highest BCUT2D eigenvalue weighted by atomic mass is 35.5. The normalized spacial score (nSPS) is 10.0. The lowest BCUT2D eigenvalue weighted by molar-refractivity contribution is 0.0524. The standard InChI is InChI=1S/C16H13ClO4/c1-2-20-15(18)12-6-4-8-14(10-12)21-16(19)11-5-3-7-13(17)9-11/h3-10H,2H2,1H3. The quantitative estimate of drug-likeness (QED) is 0.638. The molecule has 4 nitrogen and oxygen atoms in total. The second-order valence-corrected chi connectivity index (χ2v) is 4.58. The first-order chi connectivity index (χ1) is 10.1. The lowest BCUT2D eigenvalue weighted by Gasteiger charge is -2.06. The van der Waals surface area contributed by atoms with Crippen LogP contribution in [0.2, 0.25) is 5.02 Å². The Hall–Kier alpha value is -2.33. The fourth-order valence-electron chi connectivity index (χ4n) is 1.68. The molecule has 0 bridgehead atoms. The second kappa shape index (κ2) is 6.90. The van der Waals surface area contributed by atoms with Crippen LogP contribution >= 0.6 is 11.6 Å². The summed E-state index contributed by atoms with van der Waals surface area (Å²) in [5, 5.41) is 0.449. The number of rotatable bonds is 4. The van der Waals surface area contributed by atoms with Crippen molar-refractivity contribution in [1.82, 2.24) is 0 Å². The lowest BCUT2D eigenvalue weighted by Crippen LogP contribution is -2.09. The Morgan fingerprint density at radius 3 is 2.33 bits per heavy atom. The van der Waals surface area contributed by atoms with Crippen LogP contribution in [0.15, 0.2) is 48.5 Å². The molecule has 2 rings (SSSR count). The molecule has 2 aromatic carbocycles. The Morgan fingerprint density at radius 2 is 1.67 bits per heavy atom. The highest BCUT2D eigenvalue weighted by Crippen LogP contribution is 2.17. The SMILES string of the molecule is CCOC(=O)c1cccc(OC(=O)c2cccc(Cl)c2)c1. The summed E-state index contributed by atoms with van der Waals surface area (Å²) in [7, 11) is 0. The van der Waals surface area contributed by atoms with E-state index in [2.05, 4.69) is 0 Å².